The molecule has 2 rings (SSSR count). The largest absolute Gasteiger partial charge is 0.497 e. The molecule has 0 spiro atoms. The van der Waals surface area contributed by atoms with E-state index in [0.717, 1.165) is 35.5 Å². The lowest BCUT2D eigenvalue weighted by Crippen LogP contribution is -2.42. The number of ether oxygens (including phenoxy) is 2. The molecule has 2 N–H and O–H groups in total. The number of hydrogen-bond acceptors (Lipinski definition) is 3. The summed E-state index contributed by atoms with van der Waals surface area (Å²) in [6.45, 7) is 4.72. The molecule has 3 nitrogen and oxygen atoms in total. The fraction of sp³-hybridized carbons (Fsp3) is 0.333. The zero-order chi connectivity index (χ0) is 17.4. The molecule has 0 unspecified atom stereocenters. The smallest absolute Gasteiger partial charge is 0.121 e. The zero-order valence-corrected chi connectivity index (χ0v) is 14.6. The van der Waals surface area contributed by atoms with Crippen molar-refractivity contribution in [1.82, 2.24) is 0 Å². The summed E-state index contributed by atoms with van der Waals surface area (Å²) < 4.78 is 11.2. The van der Waals surface area contributed by atoms with Gasteiger partial charge in [0.2, 0.25) is 0 Å². The second-order valence-electron chi connectivity index (χ2n) is 5.70. The van der Waals surface area contributed by atoms with E-state index >= 15 is 0 Å². The van der Waals surface area contributed by atoms with Gasteiger partial charge in [-0.25, -0.2) is 0 Å². The molecule has 0 bridgehead atoms. The fourth-order valence-corrected chi connectivity index (χ4v) is 2.40. The maximum absolute atomic E-state index is 6.11. The maximum atomic E-state index is 6.11. The molecule has 0 fully saturated rings. The molecule has 0 saturated carbocycles. The van der Waals surface area contributed by atoms with Crippen molar-refractivity contribution in [3.05, 3.63) is 59.7 Å². The Bertz CT molecular complexity index is 681. The Balaban J connectivity index is 2.08. The van der Waals surface area contributed by atoms with Crippen molar-refractivity contribution in [2.75, 3.05) is 13.7 Å². The van der Waals surface area contributed by atoms with Crippen LogP contribution in [0.5, 0.6) is 11.5 Å². The summed E-state index contributed by atoms with van der Waals surface area (Å²) in [5, 5.41) is 0. The SMILES string of the molecule is CCC(CC)(CN)Oc1ccc(C#Cc2ccc(OC)cc2)cc1. The van der Waals surface area contributed by atoms with Crippen LogP contribution in [0, 0.1) is 11.8 Å². The minimum absolute atomic E-state index is 0.281. The van der Waals surface area contributed by atoms with Crippen molar-refractivity contribution in [3.63, 3.8) is 0 Å². The highest BCUT2D eigenvalue weighted by Crippen LogP contribution is 2.24. The lowest BCUT2D eigenvalue weighted by molar-refractivity contribution is 0.0692. The van der Waals surface area contributed by atoms with E-state index in [4.69, 9.17) is 15.2 Å². The molecular weight excluding hydrogens is 298 g/mol. The van der Waals surface area contributed by atoms with E-state index in [1.165, 1.54) is 0 Å². The van der Waals surface area contributed by atoms with Crippen molar-refractivity contribution in [3.8, 4) is 23.3 Å². The van der Waals surface area contributed by atoms with Crippen molar-refractivity contribution in [2.45, 2.75) is 32.3 Å². The van der Waals surface area contributed by atoms with Crippen LogP contribution in [0.1, 0.15) is 37.8 Å². The van der Waals surface area contributed by atoms with Gasteiger partial charge < -0.3 is 15.2 Å². The van der Waals surface area contributed by atoms with Crippen LogP contribution in [-0.4, -0.2) is 19.3 Å². The van der Waals surface area contributed by atoms with Crippen LogP contribution in [0.4, 0.5) is 0 Å². The summed E-state index contributed by atoms with van der Waals surface area (Å²) in [6.07, 6.45) is 1.78. The summed E-state index contributed by atoms with van der Waals surface area (Å²) in [6, 6.07) is 15.5. The maximum Gasteiger partial charge on any atom is 0.121 e. The first kappa shape index (κ1) is 17.9. The Morgan fingerprint density at radius 2 is 1.29 bits per heavy atom. The summed E-state index contributed by atoms with van der Waals surface area (Å²) in [7, 11) is 1.65. The topological polar surface area (TPSA) is 44.5 Å². The first-order chi connectivity index (χ1) is 11.6. The molecule has 2 aromatic carbocycles. The molecule has 0 saturated heterocycles. The predicted octanol–water partition coefficient (Wildman–Crippen LogP) is 3.99. The molecule has 24 heavy (non-hydrogen) atoms. The van der Waals surface area contributed by atoms with Crippen LogP contribution in [-0.2, 0) is 0 Å². The minimum atomic E-state index is -0.281. The van der Waals surface area contributed by atoms with E-state index in [0.29, 0.717) is 6.54 Å². The van der Waals surface area contributed by atoms with Crippen LogP contribution in [0.3, 0.4) is 0 Å². The molecule has 0 aliphatic heterocycles. The van der Waals surface area contributed by atoms with Gasteiger partial charge >= 0.3 is 0 Å². The number of hydrogen-bond donors (Lipinski definition) is 1. The van der Waals surface area contributed by atoms with Gasteiger partial charge in [-0.05, 0) is 61.4 Å². The fourth-order valence-electron chi connectivity index (χ4n) is 2.40. The summed E-state index contributed by atoms with van der Waals surface area (Å²) in [5.74, 6) is 7.97. The van der Waals surface area contributed by atoms with E-state index in [-0.39, 0.29) is 5.60 Å². The van der Waals surface area contributed by atoms with E-state index in [2.05, 4.69) is 25.7 Å². The van der Waals surface area contributed by atoms with E-state index < -0.39 is 0 Å². The van der Waals surface area contributed by atoms with Gasteiger partial charge in [0.1, 0.15) is 17.1 Å². The highest BCUT2D eigenvalue weighted by atomic mass is 16.5. The van der Waals surface area contributed by atoms with Crippen molar-refractivity contribution < 1.29 is 9.47 Å². The lowest BCUT2D eigenvalue weighted by Gasteiger charge is -2.31. The minimum Gasteiger partial charge on any atom is -0.497 e. The van der Waals surface area contributed by atoms with Gasteiger partial charge in [-0.2, -0.15) is 0 Å². The molecule has 0 aliphatic rings. The molecule has 0 radical (unpaired) electrons. The Kier molecular flexibility index (Phi) is 6.28. The Labute approximate surface area is 144 Å². The number of methoxy groups -OCH3 is 1. The molecule has 0 amide bonds. The van der Waals surface area contributed by atoms with Crippen molar-refractivity contribution in [2.24, 2.45) is 5.73 Å². The van der Waals surface area contributed by atoms with Crippen LogP contribution >= 0.6 is 0 Å². The molecule has 0 aromatic heterocycles. The molecule has 0 heterocycles. The molecule has 0 aliphatic carbocycles. The zero-order valence-electron chi connectivity index (χ0n) is 14.6. The third-order valence-electron chi connectivity index (χ3n) is 4.29. The molecule has 3 heteroatoms. The van der Waals surface area contributed by atoms with Gasteiger partial charge in [-0.3, -0.25) is 0 Å². The number of nitrogens with two attached hydrogens (primary N) is 1. The number of rotatable bonds is 6. The van der Waals surface area contributed by atoms with Crippen LogP contribution in [0.25, 0.3) is 0 Å². The first-order valence-corrected chi connectivity index (χ1v) is 8.30. The van der Waals surface area contributed by atoms with Crippen LogP contribution in [0.15, 0.2) is 48.5 Å². The second kappa shape index (κ2) is 8.42. The third-order valence-corrected chi connectivity index (χ3v) is 4.29. The average Bonchev–Trinajstić information content (AvgIpc) is 2.66. The Morgan fingerprint density at radius 3 is 1.67 bits per heavy atom. The first-order valence-electron chi connectivity index (χ1n) is 8.30. The molecule has 2 aromatic rings. The Morgan fingerprint density at radius 1 is 0.833 bits per heavy atom. The quantitative estimate of drug-likeness (QED) is 0.818. The monoisotopic (exact) mass is 323 g/mol. The van der Waals surface area contributed by atoms with Crippen LogP contribution < -0.4 is 15.2 Å². The summed E-state index contributed by atoms with van der Waals surface area (Å²) in [4.78, 5) is 0. The number of benzene rings is 2. The second-order valence-corrected chi connectivity index (χ2v) is 5.70. The van der Waals surface area contributed by atoms with E-state index in [1.807, 2.05) is 48.5 Å². The lowest BCUT2D eigenvalue weighted by atomic mass is 9.97. The standard InChI is InChI=1S/C21H25NO2/c1-4-21(5-2,16-22)24-20-14-10-18(11-15-20)7-6-17-8-12-19(23-3)13-9-17/h8-15H,4-5,16,22H2,1-3H3. The Hall–Kier alpha value is -2.44. The highest BCUT2D eigenvalue weighted by Gasteiger charge is 2.26. The normalized spacial score (nSPS) is 10.7. The third kappa shape index (κ3) is 4.53. The van der Waals surface area contributed by atoms with Gasteiger partial charge in [0.25, 0.3) is 0 Å². The van der Waals surface area contributed by atoms with E-state index in [1.54, 1.807) is 7.11 Å². The van der Waals surface area contributed by atoms with Gasteiger partial charge in [0, 0.05) is 17.7 Å². The predicted molar refractivity (Wildman–Crippen MR) is 98.4 cm³/mol. The van der Waals surface area contributed by atoms with Crippen LogP contribution in [0.2, 0.25) is 0 Å². The van der Waals surface area contributed by atoms with Gasteiger partial charge in [-0.15, -0.1) is 0 Å². The van der Waals surface area contributed by atoms with Gasteiger partial charge in [0.15, 0.2) is 0 Å². The molecular formula is C21H25NO2. The molecule has 126 valence electrons. The van der Waals surface area contributed by atoms with Gasteiger partial charge in [0.05, 0.1) is 7.11 Å². The van der Waals surface area contributed by atoms with E-state index in [9.17, 15) is 0 Å². The highest BCUT2D eigenvalue weighted by molar-refractivity contribution is 5.45. The van der Waals surface area contributed by atoms with Crippen molar-refractivity contribution in [1.29, 1.82) is 0 Å². The molecule has 0 atom stereocenters. The van der Waals surface area contributed by atoms with Gasteiger partial charge in [-0.1, -0.05) is 25.7 Å². The van der Waals surface area contributed by atoms with Crippen molar-refractivity contribution >= 4 is 0 Å². The summed E-state index contributed by atoms with van der Waals surface area (Å²) in [5.41, 5.74) is 7.50. The summed E-state index contributed by atoms with van der Waals surface area (Å²) >= 11 is 0. The average molecular weight is 323 g/mol.